The number of nitrogens with one attached hydrogen (secondary N) is 2. The predicted molar refractivity (Wildman–Crippen MR) is 144 cm³/mol. The van der Waals surface area contributed by atoms with Crippen molar-refractivity contribution in [2.75, 3.05) is 31.0 Å². The number of hydrogen-bond acceptors (Lipinski definition) is 8. The van der Waals surface area contributed by atoms with Gasteiger partial charge < -0.3 is 30.6 Å². The normalized spacial score (nSPS) is 23.1. The monoisotopic (exact) mass is 532 g/mol. The van der Waals surface area contributed by atoms with E-state index in [1.54, 1.807) is 19.4 Å². The summed E-state index contributed by atoms with van der Waals surface area (Å²) in [6.45, 7) is 3.32. The van der Waals surface area contributed by atoms with E-state index in [9.17, 15) is 9.59 Å². The van der Waals surface area contributed by atoms with Gasteiger partial charge >= 0.3 is 0 Å². The fourth-order valence-corrected chi connectivity index (χ4v) is 5.69. The second-order valence-electron chi connectivity index (χ2n) is 10.5. The number of nitrogens with zero attached hydrogens (tertiary/aromatic N) is 3. The van der Waals surface area contributed by atoms with Crippen molar-refractivity contribution in [3.8, 4) is 16.9 Å². The van der Waals surface area contributed by atoms with Crippen LogP contribution in [0.25, 0.3) is 11.1 Å². The molecule has 11 heteroatoms. The number of para-hydroxylation sites is 1. The molecule has 4 N–H and O–H groups in total. The Balaban J connectivity index is 1.27. The van der Waals surface area contributed by atoms with E-state index in [0.717, 1.165) is 36.8 Å². The standard InChI is InChI=1S/C28H32N6O5/c1-16-10-17(11-16)27(36)33-24-12-22(20(14-30-24)26(29)35)32-21-5-3-4-19(25(21)37-2)18-13-31-34(15-18)23-6-7-28(23)38-8-9-39-28/h3-5,12-17,23H,6-11H2,1-2H3,(H2,29,35)(H2,30,32,33,36)/t16?,17?,23-/m1/s1. The molecular formula is C28H32N6O5. The maximum atomic E-state index is 12.6. The van der Waals surface area contributed by atoms with E-state index >= 15 is 0 Å². The molecule has 1 spiro atoms. The minimum absolute atomic E-state index is 0.0201. The third-order valence-corrected chi connectivity index (χ3v) is 7.94. The first-order chi connectivity index (χ1) is 18.9. The van der Waals surface area contributed by atoms with Gasteiger partial charge in [0.25, 0.3) is 5.91 Å². The highest BCUT2D eigenvalue weighted by molar-refractivity contribution is 6.01. The van der Waals surface area contributed by atoms with Crippen molar-refractivity contribution in [2.45, 2.75) is 44.4 Å². The number of hydrogen-bond donors (Lipinski definition) is 3. The van der Waals surface area contributed by atoms with Crippen molar-refractivity contribution in [3.63, 3.8) is 0 Å². The van der Waals surface area contributed by atoms with E-state index in [1.807, 2.05) is 29.1 Å². The Morgan fingerprint density at radius 1 is 1.18 bits per heavy atom. The molecule has 2 aliphatic carbocycles. The van der Waals surface area contributed by atoms with Crippen LogP contribution < -0.4 is 21.1 Å². The van der Waals surface area contributed by atoms with Gasteiger partial charge in [-0.05, 0) is 31.2 Å². The number of anilines is 3. The summed E-state index contributed by atoms with van der Waals surface area (Å²) >= 11 is 0. The molecule has 2 aromatic heterocycles. The quantitative estimate of drug-likeness (QED) is 0.397. The molecule has 0 radical (unpaired) electrons. The average molecular weight is 533 g/mol. The van der Waals surface area contributed by atoms with Crippen LogP contribution in [0.1, 0.15) is 49.0 Å². The maximum absolute atomic E-state index is 12.6. The highest BCUT2D eigenvalue weighted by atomic mass is 16.7. The molecule has 6 rings (SSSR count). The number of ether oxygens (including phenoxy) is 3. The summed E-state index contributed by atoms with van der Waals surface area (Å²) in [5, 5.41) is 10.7. The zero-order valence-corrected chi connectivity index (χ0v) is 22.0. The van der Waals surface area contributed by atoms with Gasteiger partial charge in [-0.1, -0.05) is 19.1 Å². The molecule has 2 saturated carbocycles. The largest absolute Gasteiger partial charge is 0.494 e. The summed E-state index contributed by atoms with van der Waals surface area (Å²) in [5.74, 6) is 0.147. The van der Waals surface area contributed by atoms with E-state index in [-0.39, 0.29) is 23.4 Å². The van der Waals surface area contributed by atoms with E-state index in [4.69, 9.17) is 19.9 Å². The second-order valence-corrected chi connectivity index (χ2v) is 10.5. The smallest absolute Gasteiger partial charge is 0.252 e. The summed E-state index contributed by atoms with van der Waals surface area (Å²) in [6, 6.07) is 7.30. The minimum Gasteiger partial charge on any atom is -0.494 e. The summed E-state index contributed by atoms with van der Waals surface area (Å²) < 4.78 is 19.5. The van der Waals surface area contributed by atoms with Crippen LogP contribution in [-0.2, 0) is 14.3 Å². The van der Waals surface area contributed by atoms with Crippen LogP contribution in [0.3, 0.4) is 0 Å². The molecule has 0 bridgehead atoms. The lowest BCUT2D eigenvalue weighted by Gasteiger charge is -2.44. The highest BCUT2D eigenvalue weighted by Crippen LogP contribution is 2.49. The zero-order valence-electron chi connectivity index (χ0n) is 22.0. The lowest BCUT2D eigenvalue weighted by molar-refractivity contribution is -0.242. The fraction of sp³-hybridized carbons (Fsp3) is 0.429. The van der Waals surface area contributed by atoms with Crippen LogP contribution in [0.2, 0.25) is 0 Å². The highest BCUT2D eigenvalue weighted by Gasteiger charge is 2.53. The third-order valence-electron chi connectivity index (χ3n) is 7.94. The maximum Gasteiger partial charge on any atom is 0.252 e. The van der Waals surface area contributed by atoms with E-state index < -0.39 is 11.7 Å². The van der Waals surface area contributed by atoms with Gasteiger partial charge in [-0.3, -0.25) is 14.3 Å². The number of pyridine rings is 1. The Labute approximate surface area is 226 Å². The summed E-state index contributed by atoms with van der Waals surface area (Å²) in [4.78, 5) is 29.0. The molecule has 39 heavy (non-hydrogen) atoms. The van der Waals surface area contributed by atoms with Crippen LogP contribution in [-0.4, -0.2) is 52.7 Å². The zero-order chi connectivity index (χ0) is 27.1. The molecule has 3 fully saturated rings. The average Bonchev–Trinajstić information content (AvgIpc) is 3.58. The molecule has 1 aliphatic heterocycles. The summed E-state index contributed by atoms with van der Waals surface area (Å²) in [6.07, 6.45) is 8.62. The van der Waals surface area contributed by atoms with Crippen LogP contribution in [0.4, 0.5) is 17.2 Å². The number of primary amides is 1. The van der Waals surface area contributed by atoms with Gasteiger partial charge in [-0.2, -0.15) is 5.10 Å². The Bertz CT molecular complexity index is 1410. The van der Waals surface area contributed by atoms with Crippen molar-refractivity contribution in [3.05, 3.63) is 48.4 Å². The summed E-state index contributed by atoms with van der Waals surface area (Å²) in [5.41, 5.74) is 8.53. The van der Waals surface area contributed by atoms with Crippen LogP contribution in [0, 0.1) is 11.8 Å². The number of carbonyl (C=O) groups is 2. The minimum atomic E-state index is -0.641. The predicted octanol–water partition coefficient (Wildman–Crippen LogP) is 3.86. The summed E-state index contributed by atoms with van der Waals surface area (Å²) in [7, 11) is 1.59. The third kappa shape index (κ3) is 4.61. The molecule has 1 atom stereocenters. The number of amides is 2. The number of nitrogens with two attached hydrogens (primary N) is 1. The fourth-order valence-electron chi connectivity index (χ4n) is 5.69. The number of benzene rings is 1. The van der Waals surface area contributed by atoms with Crippen molar-refractivity contribution in [2.24, 2.45) is 17.6 Å². The molecular weight excluding hydrogens is 500 g/mol. The molecule has 204 valence electrons. The van der Waals surface area contributed by atoms with Crippen LogP contribution in [0.15, 0.2) is 42.9 Å². The lowest BCUT2D eigenvalue weighted by Crippen LogP contribution is -2.49. The number of rotatable bonds is 8. The molecule has 1 saturated heterocycles. The van der Waals surface area contributed by atoms with E-state index in [2.05, 4.69) is 27.6 Å². The molecule has 1 aromatic carbocycles. The van der Waals surface area contributed by atoms with E-state index in [0.29, 0.717) is 42.1 Å². The topological polar surface area (TPSA) is 143 Å². The van der Waals surface area contributed by atoms with E-state index in [1.165, 1.54) is 6.20 Å². The van der Waals surface area contributed by atoms with Gasteiger partial charge in [-0.15, -0.1) is 0 Å². The lowest BCUT2D eigenvalue weighted by atomic mass is 9.76. The molecule has 2 amide bonds. The van der Waals surface area contributed by atoms with Crippen molar-refractivity contribution in [1.82, 2.24) is 14.8 Å². The Kier molecular flexibility index (Phi) is 6.48. The van der Waals surface area contributed by atoms with Crippen molar-refractivity contribution < 1.29 is 23.8 Å². The number of methoxy groups -OCH3 is 1. The van der Waals surface area contributed by atoms with Crippen LogP contribution in [0.5, 0.6) is 5.75 Å². The molecule has 11 nitrogen and oxygen atoms in total. The van der Waals surface area contributed by atoms with Gasteiger partial charge in [-0.25, -0.2) is 4.98 Å². The van der Waals surface area contributed by atoms with Crippen molar-refractivity contribution >= 4 is 29.0 Å². The molecule has 3 aliphatic rings. The number of aromatic nitrogens is 3. The molecule has 3 heterocycles. The first-order valence-corrected chi connectivity index (χ1v) is 13.2. The van der Waals surface area contributed by atoms with Gasteiger partial charge in [0.1, 0.15) is 17.6 Å². The van der Waals surface area contributed by atoms with Gasteiger partial charge in [0, 0.05) is 41.9 Å². The molecule has 3 aromatic rings. The Hall–Kier alpha value is -3.96. The SMILES string of the molecule is COc1c(Nc2cc(NC(=O)C3CC(C)C3)ncc2C(N)=O)cccc1-c1cnn([C@@H]2CCC23OCCO3)c1. The van der Waals surface area contributed by atoms with Crippen molar-refractivity contribution in [1.29, 1.82) is 0 Å². The Morgan fingerprint density at radius 3 is 2.64 bits per heavy atom. The Morgan fingerprint density at radius 2 is 1.97 bits per heavy atom. The second kappa shape index (κ2) is 9.97. The first-order valence-electron chi connectivity index (χ1n) is 13.2. The van der Waals surface area contributed by atoms with Gasteiger partial charge in [0.15, 0.2) is 5.79 Å². The van der Waals surface area contributed by atoms with Gasteiger partial charge in [0.2, 0.25) is 5.91 Å². The first kappa shape index (κ1) is 25.3. The van der Waals surface area contributed by atoms with Gasteiger partial charge in [0.05, 0.1) is 43.5 Å². The molecule has 0 unspecified atom stereocenters. The number of carbonyl (C=O) groups excluding carboxylic acids is 2. The van der Waals surface area contributed by atoms with Crippen LogP contribution >= 0.6 is 0 Å².